The van der Waals surface area contributed by atoms with Crippen LogP contribution in [0.5, 0.6) is 5.75 Å². The van der Waals surface area contributed by atoms with Crippen molar-refractivity contribution in [2.45, 2.75) is 33.6 Å². The minimum atomic E-state index is -0.256. The molecule has 0 bridgehead atoms. The first kappa shape index (κ1) is 14.0. The average Bonchev–Trinajstić information content (AvgIpc) is 2.25. The second-order valence-corrected chi connectivity index (χ2v) is 4.52. The summed E-state index contributed by atoms with van der Waals surface area (Å²) in [6, 6.07) is 3.31. The molecule has 18 heavy (non-hydrogen) atoms. The van der Waals surface area contributed by atoms with Gasteiger partial charge in [-0.05, 0) is 24.5 Å². The Kier molecular flexibility index (Phi) is 4.31. The number of hydrazone groups is 1. The number of carbonyl (C=O) groups is 1. The Bertz CT molecular complexity index is 493. The van der Waals surface area contributed by atoms with Crippen LogP contribution in [0.1, 0.15) is 44.7 Å². The lowest BCUT2D eigenvalue weighted by atomic mass is 9.96. The van der Waals surface area contributed by atoms with Crippen LogP contribution in [0.4, 0.5) is 5.69 Å². The molecule has 5 heteroatoms. The standard InChI is InChI=1S/C13H19N3O2/c1-7(2)10-5-11(13(18)6-12(10)14)8(3)15-16-9(4)17/h5-7,18H,14H2,1-4H3,(H,16,17)/b15-8+. The van der Waals surface area contributed by atoms with E-state index in [2.05, 4.69) is 10.5 Å². The van der Waals surface area contributed by atoms with E-state index < -0.39 is 0 Å². The Morgan fingerprint density at radius 1 is 1.39 bits per heavy atom. The van der Waals surface area contributed by atoms with Gasteiger partial charge in [-0.3, -0.25) is 4.79 Å². The highest BCUT2D eigenvalue weighted by molar-refractivity contribution is 6.02. The smallest absolute Gasteiger partial charge is 0.236 e. The summed E-state index contributed by atoms with van der Waals surface area (Å²) in [5.74, 6) is 0.0507. The van der Waals surface area contributed by atoms with Gasteiger partial charge in [0.05, 0.1) is 5.71 Å². The maximum absolute atomic E-state index is 10.8. The molecule has 0 saturated carbocycles. The quantitative estimate of drug-likeness (QED) is 0.434. The largest absolute Gasteiger partial charge is 0.507 e. The number of phenolic OH excluding ortho intramolecular Hbond substituents is 1. The highest BCUT2D eigenvalue weighted by atomic mass is 16.3. The van der Waals surface area contributed by atoms with E-state index in [4.69, 9.17) is 5.73 Å². The Hall–Kier alpha value is -2.04. The number of aromatic hydroxyl groups is 1. The van der Waals surface area contributed by atoms with E-state index in [1.165, 1.54) is 13.0 Å². The fourth-order valence-electron chi connectivity index (χ4n) is 1.63. The molecular formula is C13H19N3O2. The molecule has 0 radical (unpaired) electrons. The second kappa shape index (κ2) is 5.53. The van der Waals surface area contributed by atoms with Gasteiger partial charge in [0.2, 0.25) is 5.91 Å². The summed E-state index contributed by atoms with van der Waals surface area (Å²) in [4.78, 5) is 10.8. The normalized spacial score (nSPS) is 11.7. The number of hydrogen-bond acceptors (Lipinski definition) is 4. The lowest BCUT2D eigenvalue weighted by Gasteiger charge is -2.13. The van der Waals surface area contributed by atoms with Gasteiger partial charge in [-0.2, -0.15) is 5.10 Å². The summed E-state index contributed by atoms with van der Waals surface area (Å²) in [5, 5.41) is 13.8. The number of amides is 1. The summed E-state index contributed by atoms with van der Waals surface area (Å²) in [5.41, 5.74) is 10.8. The molecule has 0 aliphatic carbocycles. The molecule has 0 fully saturated rings. The molecule has 0 atom stereocenters. The van der Waals surface area contributed by atoms with Crippen molar-refractivity contribution in [2.24, 2.45) is 5.10 Å². The van der Waals surface area contributed by atoms with Crippen LogP contribution in [0.2, 0.25) is 0 Å². The number of nitrogens with one attached hydrogen (secondary N) is 1. The van der Waals surface area contributed by atoms with E-state index in [0.29, 0.717) is 17.0 Å². The van der Waals surface area contributed by atoms with Crippen molar-refractivity contribution < 1.29 is 9.90 Å². The molecule has 4 N–H and O–H groups in total. The number of nitrogen functional groups attached to an aromatic ring is 1. The lowest BCUT2D eigenvalue weighted by molar-refractivity contribution is -0.118. The molecule has 1 amide bonds. The van der Waals surface area contributed by atoms with Gasteiger partial charge in [0.15, 0.2) is 0 Å². The molecule has 0 saturated heterocycles. The van der Waals surface area contributed by atoms with Crippen LogP contribution in [0, 0.1) is 0 Å². The Balaban J connectivity index is 3.20. The summed E-state index contributed by atoms with van der Waals surface area (Å²) in [6.45, 7) is 7.13. The summed E-state index contributed by atoms with van der Waals surface area (Å²) >= 11 is 0. The molecule has 98 valence electrons. The number of nitrogens with two attached hydrogens (primary N) is 1. The third-order valence-corrected chi connectivity index (χ3v) is 2.59. The highest BCUT2D eigenvalue weighted by Crippen LogP contribution is 2.29. The summed E-state index contributed by atoms with van der Waals surface area (Å²) in [6.07, 6.45) is 0. The third kappa shape index (κ3) is 3.23. The van der Waals surface area contributed by atoms with Crippen LogP contribution < -0.4 is 11.2 Å². The molecule has 1 rings (SSSR count). The fourth-order valence-corrected chi connectivity index (χ4v) is 1.63. The molecule has 5 nitrogen and oxygen atoms in total. The first-order chi connectivity index (χ1) is 8.32. The van der Waals surface area contributed by atoms with Crippen LogP contribution in [0.15, 0.2) is 17.2 Å². The molecule has 0 aromatic heterocycles. The van der Waals surface area contributed by atoms with E-state index in [1.54, 1.807) is 13.0 Å². The number of carbonyl (C=O) groups excluding carboxylic acids is 1. The van der Waals surface area contributed by atoms with Crippen LogP contribution in [-0.4, -0.2) is 16.7 Å². The van der Waals surface area contributed by atoms with E-state index in [-0.39, 0.29) is 17.6 Å². The van der Waals surface area contributed by atoms with Crippen molar-refractivity contribution in [1.29, 1.82) is 0 Å². The number of hydrogen-bond donors (Lipinski definition) is 3. The minimum Gasteiger partial charge on any atom is -0.507 e. The minimum absolute atomic E-state index is 0.0588. The lowest BCUT2D eigenvalue weighted by Crippen LogP contribution is -2.15. The third-order valence-electron chi connectivity index (χ3n) is 2.59. The van der Waals surface area contributed by atoms with Crippen LogP contribution in [-0.2, 0) is 4.79 Å². The van der Waals surface area contributed by atoms with Gasteiger partial charge in [0.25, 0.3) is 0 Å². The van der Waals surface area contributed by atoms with Crippen molar-refractivity contribution in [3.8, 4) is 5.75 Å². The van der Waals surface area contributed by atoms with Crippen LogP contribution >= 0.6 is 0 Å². The van der Waals surface area contributed by atoms with Gasteiger partial charge in [0.1, 0.15) is 5.75 Å². The zero-order chi connectivity index (χ0) is 13.9. The second-order valence-electron chi connectivity index (χ2n) is 4.52. The predicted molar refractivity (Wildman–Crippen MR) is 72.6 cm³/mol. The maximum Gasteiger partial charge on any atom is 0.236 e. The fraction of sp³-hybridized carbons (Fsp3) is 0.385. The van der Waals surface area contributed by atoms with Gasteiger partial charge in [-0.1, -0.05) is 13.8 Å². The van der Waals surface area contributed by atoms with Crippen molar-refractivity contribution >= 4 is 17.3 Å². The molecule has 0 unspecified atom stereocenters. The molecule has 0 heterocycles. The summed E-state index contributed by atoms with van der Waals surface area (Å²) in [7, 11) is 0. The molecule has 1 aromatic carbocycles. The molecule has 0 aliphatic heterocycles. The van der Waals surface area contributed by atoms with E-state index in [1.807, 2.05) is 13.8 Å². The SMILES string of the molecule is CC(=O)N/N=C(\C)c1cc(C(C)C)c(N)cc1O. The molecule has 0 spiro atoms. The number of rotatable bonds is 3. The topological polar surface area (TPSA) is 87.7 Å². The highest BCUT2D eigenvalue weighted by Gasteiger charge is 2.12. The monoisotopic (exact) mass is 249 g/mol. The van der Waals surface area contributed by atoms with E-state index >= 15 is 0 Å². The van der Waals surface area contributed by atoms with Crippen molar-refractivity contribution in [3.63, 3.8) is 0 Å². The zero-order valence-electron chi connectivity index (χ0n) is 11.1. The first-order valence-corrected chi connectivity index (χ1v) is 5.76. The number of phenols is 1. The number of nitrogens with zero attached hydrogens (tertiary/aromatic N) is 1. The summed E-state index contributed by atoms with van der Waals surface area (Å²) < 4.78 is 0. The molecule has 0 aliphatic rings. The zero-order valence-corrected chi connectivity index (χ0v) is 11.1. The Morgan fingerprint density at radius 2 is 2.00 bits per heavy atom. The van der Waals surface area contributed by atoms with Gasteiger partial charge in [0, 0.05) is 24.2 Å². The van der Waals surface area contributed by atoms with Gasteiger partial charge < -0.3 is 10.8 Å². The van der Waals surface area contributed by atoms with Gasteiger partial charge >= 0.3 is 0 Å². The first-order valence-electron chi connectivity index (χ1n) is 5.76. The van der Waals surface area contributed by atoms with Gasteiger partial charge in [-0.25, -0.2) is 5.43 Å². The van der Waals surface area contributed by atoms with Crippen molar-refractivity contribution in [1.82, 2.24) is 5.43 Å². The molecular weight excluding hydrogens is 230 g/mol. The van der Waals surface area contributed by atoms with Crippen molar-refractivity contribution in [3.05, 3.63) is 23.3 Å². The Morgan fingerprint density at radius 3 is 2.50 bits per heavy atom. The Labute approximate surface area is 107 Å². The van der Waals surface area contributed by atoms with Crippen LogP contribution in [0.3, 0.4) is 0 Å². The van der Waals surface area contributed by atoms with E-state index in [0.717, 1.165) is 5.56 Å². The average molecular weight is 249 g/mol. The number of anilines is 1. The van der Waals surface area contributed by atoms with E-state index in [9.17, 15) is 9.90 Å². The van der Waals surface area contributed by atoms with Crippen LogP contribution in [0.25, 0.3) is 0 Å². The predicted octanol–water partition coefficient (Wildman–Crippen LogP) is 1.96. The maximum atomic E-state index is 10.8. The number of benzene rings is 1. The van der Waals surface area contributed by atoms with Gasteiger partial charge in [-0.15, -0.1) is 0 Å². The van der Waals surface area contributed by atoms with Crippen molar-refractivity contribution in [2.75, 3.05) is 5.73 Å². The molecule has 1 aromatic rings.